The zero-order chi connectivity index (χ0) is 17.7. The van der Waals surface area contributed by atoms with Crippen molar-refractivity contribution in [2.24, 2.45) is 21.8 Å². The standard InChI is InChI=1S/C15H14Cl2N4O3.4ClH/c16-11-5-10(15(19)21-23)6-12(17)13(11)24-7-8-2-1-3-9(4-8)14(18)20-22;;;;/h1-6,22-23H,7H2,(H2,18,20)(H2,19,21);4*1H. The number of ether oxygens (including phenoxy) is 1. The van der Waals surface area contributed by atoms with Gasteiger partial charge in [-0.1, -0.05) is 51.7 Å². The van der Waals surface area contributed by atoms with E-state index in [9.17, 15) is 0 Å². The molecular weight excluding hydrogens is 497 g/mol. The van der Waals surface area contributed by atoms with Crippen LogP contribution in [0, 0.1) is 0 Å². The van der Waals surface area contributed by atoms with E-state index in [1.54, 1.807) is 24.3 Å². The molecule has 158 valence electrons. The van der Waals surface area contributed by atoms with E-state index in [0.717, 1.165) is 5.56 Å². The normalized spacial score (nSPS) is 10.5. The van der Waals surface area contributed by atoms with Gasteiger partial charge in [-0.05, 0) is 23.8 Å². The van der Waals surface area contributed by atoms with Crippen molar-refractivity contribution in [3.05, 3.63) is 63.1 Å². The predicted molar refractivity (Wildman–Crippen MR) is 121 cm³/mol. The Morgan fingerprint density at radius 1 is 0.857 bits per heavy atom. The molecular formula is C15H18Cl6N4O3. The summed E-state index contributed by atoms with van der Waals surface area (Å²) in [6, 6.07) is 9.92. The van der Waals surface area contributed by atoms with Crippen LogP contribution in [-0.2, 0) is 6.61 Å². The van der Waals surface area contributed by atoms with Crippen LogP contribution in [-0.4, -0.2) is 22.1 Å². The number of hydrogen-bond donors (Lipinski definition) is 4. The number of rotatable bonds is 5. The zero-order valence-electron chi connectivity index (χ0n) is 13.9. The van der Waals surface area contributed by atoms with Crippen molar-refractivity contribution in [1.82, 2.24) is 0 Å². The maximum absolute atomic E-state index is 8.71. The molecule has 2 aromatic carbocycles. The van der Waals surface area contributed by atoms with Crippen LogP contribution in [0.1, 0.15) is 16.7 Å². The third-order valence-corrected chi connectivity index (χ3v) is 3.68. The van der Waals surface area contributed by atoms with Crippen molar-refractivity contribution in [3.8, 4) is 5.75 Å². The van der Waals surface area contributed by atoms with E-state index < -0.39 is 0 Å². The molecule has 7 nitrogen and oxygen atoms in total. The van der Waals surface area contributed by atoms with Gasteiger partial charge in [0.15, 0.2) is 17.4 Å². The highest BCUT2D eigenvalue weighted by Gasteiger charge is 2.12. The van der Waals surface area contributed by atoms with Crippen LogP contribution >= 0.6 is 72.8 Å². The fourth-order valence-electron chi connectivity index (χ4n) is 1.94. The lowest BCUT2D eigenvalue weighted by Gasteiger charge is -2.12. The molecule has 0 saturated heterocycles. The molecule has 0 aliphatic rings. The second kappa shape index (κ2) is 14.5. The summed E-state index contributed by atoms with van der Waals surface area (Å²) in [6.45, 7) is 0.162. The maximum Gasteiger partial charge on any atom is 0.170 e. The summed E-state index contributed by atoms with van der Waals surface area (Å²) in [4.78, 5) is 0. The number of halogens is 6. The molecule has 0 aliphatic heterocycles. The van der Waals surface area contributed by atoms with Gasteiger partial charge in [0.05, 0.1) is 10.0 Å². The minimum absolute atomic E-state index is 0. The van der Waals surface area contributed by atoms with E-state index in [-0.39, 0.29) is 83.7 Å². The minimum Gasteiger partial charge on any atom is -0.486 e. The number of benzene rings is 2. The first-order valence-electron chi connectivity index (χ1n) is 6.62. The van der Waals surface area contributed by atoms with E-state index in [1.807, 2.05) is 0 Å². The van der Waals surface area contributed by atoms with Gasteiger partial charge in [0.25, 0.3) is 0 Å². The molecule has 28 heavy (non-hydrogen) atoms. The van der Waals surface area contributed by atoms with Crippen LogP contribution in [0.25, 0.3) is 0 Å². The third kappa shape index (κ3) is 7.87. The van der Waals surface area contributed by atoms with Gasteiger partial charge in [-0.25, -0.2) is 0 Å². The van der Waals surface area contributed by atoms with Crippen molar-refractivity contribution in [3.63, 3.8) is 0 Å². The number of oxime groups is 2. The second-order valence-corrected chi connectivity index (χ2v) is 5.54. The largest absolute Gasteiger partial charge is 0.486 e. The molecule has 0 saturated carbocycles. The molecule has 2 rings (SSSR count). The first kappa shape index (κ1) is 31.2. The molecule has 0 fully saturated rings. The van der Waals surface area contributed by atoms with Crippen LogP contribution < -0.4 is 16.2 Å². The van der Waals surface area contributed by atoms with Crippen molar-refractivity contribution in [2.75, 3.05) is 0 Å². The van der Waals surface area contributed by atoms with Gasteiger partial charge in [-0.15, -0.1) is 49.6 Å². The molecule has 0 spiro atoms. The topological polar surface area (TPSA) is 126 Å². The van der Waals surface area contributed by atoms with Gasteiger partial charge in [0.1, 0.15) is 6.61 Å². The lowest BCUT2D eigenvalue weighted by Crippen LogP contribution is -2.13. The highest BCUT2D eigenvalue weighted by atomic mass is 35.5. The summed E-state index contributed by atoms with van der Waals surface area (Å²) >= 11 is 12.3. The lowest BCUT2D eigenvalue weighted by atomic mass is 10.1. The summed E-state index contributed by atoms with van der Waals surface area (Å²) < 4.78 is 5.64. The van der Waals surface area contributed by atoms with Gasteiger partial charge in [-0.2, -0.15) is 0 Å². The molecule has 2 aromatic rings. The lowest BCUT2D eigenvalue weighted by molar-refractivity contribution is 0.306. The van der Waals surface area contributed by atoms with Crippen LogP contribution in [0.15, 0.2) is 46.7 Å². The summed E-state index contributed by atoms with van der Waals surface area (Å²) in [5, 5.41) is 23.7. The summed E-state index contributed by atoms with van der Waals surface area (Å²) in [5.41, 5.74) is 12.7. The second-order valence-electron chi connectivity index (χ2n) is 4.73. The van der Waals surface area contributed by atoms with E-state index in [4.69, 9.17) is 49.8 Å². The molecule has 0 radical (unpaired) electrons. The van der Waals surface area contributed by atoms with Crippen LogP contribution in [0.4, 0.5) is 0 Å². The van der Waals surface area contributed by atoms with Gasteiger partial charge in [0, 0.05) is 11.1 Å². The quantitative estimate of drug-likeness (QED) is 0.203. The van der Waals surface area contributed by atoms with E-state index in [0.29, 0.717) is 11.1 Å². The molecule has 13 heteroatoms. The Bertz CT molecular complexity index is 797. The smallest absolute Gasteiger partial charge is 0.170 e. The molecule has 0 heterocycles. The molecule has 0 unspecified atom stereocenters. The SMILES string of the molecule is Cl.Cl.Cl.Cl.N/C(=N\O)c1cccc(COc2c(Cl)cc(/C(N)=N/O)cc2Cl)c1. The number of amidine groups is 2. The molecule has 0 amide bonds. The van der Waals surface area contributed by atoms with Gasteiger partial charge < -0.3 is 26.6 Å². The highest BCUT2D eigenvalue weighted by Crippen LogP contribution is 2.34. The first-order valence-corrected chi connectivity index (χ1v) is 7.38. The van der Waals surface area contributed by atoms with Crippen molar-refractivity contribution < 1.29 is 15.2 Å². The summed E-state index contributed by atoms with van der Waals surface area (Å²) in [7, 11) is 0. The Kier molecular flexibility index (Phi) is 16.2. The van der Waals surface area contributed by atoms with Crippen LogP contribution in [0.2, 0.25) is 10.0 Å². The first-order chi connectivity index (χ1) is 11.5. The zero-order valence-corrected chi connectivity index (χ0v) is 18.7. The van der Waals surface area contributed by atoms with E-state index in [2.05, 4.69) is 10.3 Å². The average Bonchev–Trinajstić information content (AvgIpc) is 2.59. The van der Waals surface area contributed by atoms with E-state index >= 15 is 0 Å². The van der Waals surface area contributed by atoms with Crippen LogP contribution in [0.5, 0.6) is 5.75 Å². The molecule has 0 aliphatic carbocycles. The third-order valence-electron chi connectivity index (χ3n) is 3.12. The van der Waals surface area contributed by atoms with Gasteiger partial charge in [-0.3, -0.25) is 0 Å². The Labute approximate surface area is 196 Å². The summed E-state index contributed by atoms with van der Waals surface area (Å²) in [5.74, 6) is 0.148. The Morgan fingerprint density at radius 3 is 1.86 bits per heavy atom. The monoisotopic (exact) mass is 512 g/mol. The number of hydrogen-bond acceptors (Lipinski definition) is 5. The number of nitrogens with two attached hydrogens (primary N) is 2. The van der Waals surface area contributed by atoms with Crippen molar-refractivity contribution in [2.45, 2.75) is 6.61 Å². The Hall–Kier alpha value is -1.48. The molecule has 0 aromatic heterocycles. The summed E-state index contributed by atoms with van der Waals surface area (Å²) in [6.07, 6.45) is 0. The Balaban J connectivity index is -0.00000156. The Morgan fingerprint density at radius 2 is 1.36 bits per heavy atom. The maximum atomic E-state index is 8.71. The van der Waals surface area contributed by atoms with Gasteiger partial charge in [0.2, 0.25) is 0 Å². The number of nitrogens with zero attached hydrogens (tertiary/aromatic N) is 2. The van der Waals surface area contributed by atoms with Gasteiger partial charge >= 0.3 is 0 Å². The van der Waals surface area contributed by atoms with Crippen molar-refractivity contribution >= 4 is 84.5 Å². The molecule has 0 bridgehead atoms. The molecule has 6 N–H and O–H groups in total. The van der Waals surface area contributed by atoms with Crippen LogP contribution in [0.3, 0.4) is 0 Å². The predicted octanol–water partition coefficient (Wildman–Crippen LogP) is 4.45. The molecule has 0 atom stereocenters. The fraction of sp³-hybridized carbons (Fsp3) is 0.0667. The van der Waals surface area contributed by atoms with E-state index in [1.165, 1.54) is 12.1 Å². The highest BCUT2D eigenvalue weighted by molar-refractivity contribution is 6.37. The minimum atomic E-state index is -0.114. The fourth-order valence-corrected chi connectivity index (χ4v) is 2.53. The van der Waals surface area contributed by atoms with Crippen molar-refractivity contribution in [1.29, 1.82) is 0 Å². The average molecular weight is 515 g/mol.